The van der Waals surface area contributed by atoms with Gasteiger partial charge >= 0.3 is 0 Å². The third-order valence-corrected chi connectivity index (χ3v) is 4.53. The Hall–Kier alpha value is -1.21. The molecule has 6 nitrogen and oxygen atoms in total. The number of rotatable bonds is 5. The van der Waals surface area contributed by atoms with E-state index in [1.165, 1.54) is 6.20 Å². The average molecular weight is 256 g/mol. The fourth-order valence-corrected chi connectivity index (χ4v) is 2.74. The van der Waals surface area contributed by atoms with Crippen LogP contribution in [0.5, 0.6) is 0 Å². The van der Waals surface area contributed by atoms with Gasteiger partial charge in [-0.25, -0.2) is 13.4 Å². The quantitative estimate of drug-likeness (QED) is 0.811. The van der Waals surface area contributed by atoms with Gasteiger partial charge in [-0.2, -0.15) is 0 Å². The summed E-state index contributed by atoms with van der Waals surface area (Å²) in [5.74, 6) is 0.248. The molecule has 1 aliphatic carbocycles. The summed E-state index contributed by atoms with van der Waals surface area (Å²) >= 11 is 0. The topological polar surface area (TPSA) is 98.0 Å². The normalized spacial score (nSPS) is 17.8. The Labute approximate surface area is 101 Å². The van der Waals surface area contributed by atoms with E-state index in [0.29, 0.717) is 5.69 Å². The highest BCUT2D eigenvalue weighted by atomic mass is 32.2. The first kappa shape index (κ1) is 12.3. The first-order chi connectivity index (χ1) is 8.03. The molecular formula is C10H16N4O2S. The van der Waals surface area contributed by atoms with E-state index < -0.39 is 10.0 Å². The molecule has 1 aliphatic rings. The fraction of sp³-hybridized carbons (Fsp3) is 0.600. The van der Waals surface area contributed by atoms with Crippen molar-refractivity contribution < 1.29 is 8.42 Å². The second-order valence-corrected chi connectivity index (χ2v) is 6.15. The molecule has 0 amide bonds. The highest BCUT2D eigenvalue weighted by Gasteiger charge is 2.36. The first-order valence-corrected chi connectivity index (χ1v) is 7.16. The average Bonchev–Trinajstić information content (AvgIpc) is 3.11. The van der Waals surface area contributed by atoms with Crippen molar-refractivity contribution >= 4 is 15.8 Å². The van der Waals surface area contributed by atoms with Crippen LogP contribution in [-0.2, 0) is 10.0 Å². The molecule has 0 saturated heterocycles. The van der Waals surface area contributed by atoms with E-state index in [4.69, 9.17) is 5.73 Å². The Morgan fingerprint density at radius 1 is 1.53 bits per heavy atom. The lowest BCUT2D eigenvalue weighted by atomic mass is 10.2. The summed E-state index contributed by atoms with van der Waals surface area (Å²) in [6, 6.07) is -0.215. The van der Waals surface area contributed by atoms with Crippen LogP contribution in [0.3, 0.4) is 0 Å². The van der Waals surface area contributed by atoms with Gasteiger partial charge in [0.25, 0.3) is 0 Å². The number of anilines is 1. The Morgan fingerprint density at radius 3 is 2.82 bits per heavy atom. The van der Waals surface area contributed by atoms with Gasteiger partial charge in [0.1, 0.15) is 0 Å². The Kier molecular flexibility index (Phi) is 3.30. The number of aromatic nitrogens is 2. The molecule has 17 heavy (non-hydrogen) atoms. The number of nitrogens with two attached hydrogens (primary N) is 1. The van der Waals surface area contributed by atoms with Crippen molar-refractivity contribution in [2.75, 3.05) is 4.72 Å². The molecule has 1 atom stereocenters. The van der Waals surface area contributed by atoms with Crippen LogP contribution in [0, 0.1) is 0 Å². The second kappa shape index (κ2) is 4.58. The SMILES string of the molecule is CCC(N)c1cncc(NS(=O)(=O)C2CC2)n1. The standard InChI is InChI=1S/C10H16N4O2S/c1-2-8(11)9-5-12-6-10(13-9)14-17(15,16)7-3-4-7/h5-8H,2-4,11H2,1H3,(H,13,14). The minimum atomic E-state index is -3.28. The summed E-state index contributed by atoms with van der Waals surface area (Å²) in [7, 11) is -3.28. The molecule has 0 radical (unpaired) electrons. The van der Waals surface area contributed by atoms with Crippen LogP contribution in [0.1, 0.15) is 37.9 Å². The van der Waals surface area contributed by atoms with Gasteiger partial charge in [0.2, 0.25) is 10.0 Å². The maximum Gasteiger partial charge on any atom is 0.236 e. The lowest BCUT2D eigenvalue weighted by Crippen LogP contribution is -2.19. The minimum absolute atomic E-state index is 0.215. The highest BCUT2D eigenvalue weighted by Crippen LogP contribution is 2.29. The zero-order valence-corrected chi connectivity index (χ0v) is 10.4. The van der Waals surface area contributed by atoms with Crippen molar-refractivity contribution in [1.29, 1.82) is 0 Å². The van der Waals surface area contributed by atoms with Gasteiger partial charge in [0.15, 0.2) is 5.82 Å². The smallest absolute Gasteiger partial charge is 0.236 e. The molecule has 0 spiro atoms. The van der Waals surface area contributed by atoms with Gasteiger partial charge in [-0.05, 0) is 19.3 Å². The summed E-state index contributed by atoms with van der Waals surface area (Å²) < 4.78 is 25.8. The predicted octanol–water partition coefficient (Wildman–Crippen LogP) is 0.790. The van der Waals surface area contributed by atoms with Crippen molar-refractivity contribution in [3.8, 4) is 0 Å². The molecule has 7 heteroatoms. The van der Waals surface area contributed by atoms with Crippen molar-refractivity contribution in [1.82, 2.24) is 9.97 Å². The lowest BCUT2D eigenvalue weighted by molar-refractivity contribution is 0.599. The Morgan fingerprint density at radius 2 is 2.24 bits per heavy atom. The van der Waals surface area contributed by atoms with Crippen LogP contribution in [0.25, 0.3) is 0 Å². The molecule has 0 bridgehead atoms. The molecule has 1 saturated carbocycles. The van der Waals surface area contributed by atoms with Gasteiger partial charge in [0.05, 0.1) is 23.3 Å². The number of nitrogens with one attached hydrogen (secondary N) is 1. The van der Waals surface area contributed by atoms with Crippen LogP contribution >= 0.6 is 0 Å². The molecule has 0 aromatic carbocycles. The molecule has 1 heterocycles. The van der Waals surface area contributed by atoms with Crippen LogP contribution in [-0.4, -0.2) is 23.6 Å². The van der Waals surface area contributed by atoms with Crippen LogP contribution in [0.4, 0.5) is 5.82 Å². The lowest BCUT2D eigenvalue weighted by Gasteiger charge is -2.10. The van der Waals surface area contributed by atoms with Gasteiger partial charge in [-0.3, -0.25) is 9.71 Å². The monoisotopic (exact) mass is 256 g/mol. The molecular weight excluding hydrogens is 240 g/mol. The third-order valence-electron chi connectivity index (χ3n) is 2.68. The maximum atomic E-state index is 11.7. The summed E-state index contributed by atoms with van der Waals surface area (Å²) in [6.07, 6.45) is 5.12. The van der Waals surface area contributed by atoms with Crippen molar-refractivity contribution in [3.63, 3.8) is 0 Å². The predicted molar refractivity (Wildman–Crippen MR) is 64.8 cm³/mol. The molecule has 94 valence electrons. The summed E-state index contributed by atoms with van der Waals surface area (Å²) in [6.45, 7) is 1.94. The van der Waals surface area contributed by atoms with Gasteiger partial charge in [-0.1, -0.05) is 6.92 Å². The molecule has 1 unspecified atom stereocenters. The minimum Gasteiger partial charge on any atom is -0.323 e. The molecule has 1 aromatic rings. The molecule has 2 rings (SSSR count). The Bertz CT molecular complexity index is 499. The molecule has 3 N–H and O–H groups in total. The number of nitrogens with zero attached hydrogens (tertiary/aromatic N) is 2. The number of hydrogen-bond acceptors (Lipinski definition) is 5. The largest absolute Gasteiger partial charge is 0.323 e. The number of sulfonamides is 1. The fourth-order valence-electron chi connectivity index (χ4n) is 1.43. The van der Waals surface area contributed by atoms with Crippen LogP contribution in [0.2, 0.25) is 0 Å². The van der Waals surface area contributed by atoms with E-state index in [2.05, 4.69) is 14.7 Å². The first-order valence-electron chi connectivity index (χ1n) is 5.62. The van der Waals surface area contributed by atoms with E-state index >= 15 is 0 Å². The summed E-state index contributed by atoms with van der Waals surface area (Å²) in [5, 5.41) is -0.271. The zero-order chi connectivity index (χ0) is 12.5. The molecule has 1 fully saturated rings. The zero-order valence-electron chi connectivity index (χ0n) is 9.63. The van der Waals surface area contributed by atoms with Crippen LogP contribution in [0.15, 0.2) is 12.4 Å². The van der Waals surface area contributed by atoms with E-state index in [1.54, 1.807) is 6.20 Å². The van der Waals surface area contributed by atoms with Crippen molar-refractivity contribution in [3.05, 3.63) is 18.1 Å². The third kappa shape index (κ3) is 2.92. The van der Waals surface area contributed by atoms with E-state index in [9.17, 15) is 8.42 Å². The van der Waals surface area contributed by atoms with E-state index in [1.807, 2.05) is 6.92 Å². The maximum absolute atomic E-state index is 11.7. The summed E-state index contributed by atoms with van der Waals surface area (Å²) in [4.78, 5) is 8.11. The van der Waals surface area contributed by atoms with Gasteiger partial charge < -0.3 is 5.73 Å². The van der Waals surface area contributed by atoms with E-state index in [-0.39, 0.29) is 17.1 Å². The van der Waals surface area contributed by atoms with Crippen molar-refractivity contribution in [2.45, 2.75) is 37.5 Å². The second-order valence-electron chi connectivity index (χ2n) is 4.19. The summed E-state index contributed by atoms with van der Waals surface area (Å²) in [5.41, 5.74) is 6.42. The van der Waals surface area contributed by atoms with E-state index in [0.717, 1.165) is 19.3 Å². The van der Waals surface area contributed by atoms with Crippen molar-refractivity contribution in [2.24, 2.45) is 5.73 Å². The molecule has 1 aromatic heterocycles. The Balaban J connectivity index is 2.16. The highest BCUT2D eigenvalue weighted by molar-refractivity contribution is 7.93. The molecule has 0 aliphatic heterocycles. The van der Waals surface area contributed by atoms with Gasteiger partial charge in [-0.15, -0.1) is 0 Å². The number of hydrogen-bond donors (Lipinski definition) is 2. The van der Waals surface area contributed by atoms with Gasteiger partial charge in [0, 0.05) is 6.04 Å². The van der Waals surface area contributed by atoms with Crippen LogP contribution < -0.4 is 10.5 Å².